The van der Waals surface area contributed by atoms with Crippen LogP contribution < -0.4 is 10.1 Å². The van der Waals surface area contributed by atoms with E-state index >= 15 is 0 Å². The number of ether oxygens (including phenoxy) is 1. The van der Waals surface area contributed by atoms with E-state index in [1.54, 1.807) is 7.11 Å². The van der Waals surface area contributed by atoms with Crippen molar-refractivity contribution in [3.63, 3.8) is 0 Å². The number of hydrogen-bond acceptors (Lipinski definition) is 6. The molecule has 0 unspecified atom stereocenters. The van der Waals surface area contributed by atoms with Crippen LogP contribution in [0.3, 0.4) is 0 Å². The van der Waals surface area contributed by atoms with Crippen molar-refractivity contribution < 1.29 is 9.53 Å². The smallest absolute Gasteiger partial charge is 0.234 e. The zero-order valence-corrected chi connectivity index (χ0v) is 21.3. The van der Waals surface area contributed by atoms with Gasteiger partial charge < -0.3 is 14.6 Å². The third kappa shape index (κ3) is 5.57. The van der Waals surface area contributed by atoms with Gasteiger partial charge in [0.25, 0.3) is 0 Å². The van der Waals surface area contributed by atoms with Crippen molar-refractivity contribution in [1.29, 1.82) is 0 Å². The lowest BCUT2D eigenvalue weighted by Crippen LogP contribution is -2.16. The molecule has 2 heterocycles. The summed E-state index contributed by atoms with van der Waals surface area (Å²) >= 11 is 1.39. The average Bonchev–Trinajstić information content (AvgIpc) is 3.42. The van der Waals surface area contributed by atoms with E-state index in [0.29, 0.717) is 0 Å². The maximum Gasteiger partial charge on any atom is 0.234 e. The SMILES string of the molecule is CCCCn1c(SCC(=O)Nc2c(C)nn(-c3ccccc3)c2C)nnc1-c1ccc(OC)cc1. The second kappa shape index (κ2) is 11.2. The fourth-order valence-corrected chi connectivity index (χ4v) is 4.58. The third-order valence-electron chi connectivity index (χ3n) is 5.69. The minimum Gasteiger partial charge on any atom is -0.497 e. The number of methoxy groups -OCH3 is 1. The molecule has 0 saturated carbocycles. The van der Waals surface area contributed by atoms with E-state index in [1.165, 1.54) is 11.8 Å². The van der Waals surface area contributed by atoms with Gasteiger partial charge in [0.15, 0.2) is 11.0 Å². The monoisotopic (exact) mass is 490 g/mol. The van der Waals surface area contributed by atoms with E-state index in [-0.39, 0.29) is 11.7 Å². The van der Waals surface area contributed by atoms with Crippen LogP contribution in [-0.4, -0.2) is 43.3 Å². The topological polar surface area (TPSA) is 86.9 Å². The highest BCUT2D eigenvalue weighted by molar-refractivity contribution is 7.99. The van der Waals surface area contributed by atoms with Crippen LogP contribution in [0.25, 0.3) is 17.1 Å². The van der Waals surface area contributed by atoms with Crippen LogP contribution in [0, 0.1) is 13.8 Å². The summed E-state index contributed by atoms with van der Waals surface area (Å²) in [5.74, 6) is 1.70. The Labute approximate surface area is 209 Å². The molecule has 9 heteroatoms. The minimum absolute atomic E-state index is 0.107. The van der Waals surface area contributed by atoms with Gasteiger partial charge in [-0.2, -0.15) is 5.10 Å². The summed E-state index contributed by atoms with van der Waals surface area (Å²) in [7, 11) is 1.65. The zero-order valence-electron chi connectivity index (χ0n) is 20.5. The van der Waals surface area contributed by atoms with E-state index in [0.717, 1.165) is 64.4 Å². The van der Waals surface area contributed by atoms with Gasteiger partial charge in [0.05, 0.1) is 35.6 Å². The van der Waals surface area contributed by atoms with Gasteiger partial charge in [0, 0.05) is 12.1 Å². The number of anilines is 1. The minimum atomic E-state index is -0.107. The molecule has 182 valence electrons. The molecule has 1 amide bonds. The number of aromatic nitrogens is 5. The summed E-state index contributed by atoms with van der Waals surface area (Å²) in [6.07, 6.45) is 2.05. The van der Waals surface area contributed by atoms with Crippen molar-refractivity contribution in [2.45, 2.75) is 45.3 Å². The van der Waals surface area contributed by atoms with Crippen molar-refractivity contribution in [3.05, 3.63) is 66.0 Å². The van der Waals surface area contributed by atoms with Crippen LogP contribution in [0.15, 0.2) is 59.8 Å². The number of para-hydroxylation sites is 1. The Hall–Kier alpha value is -3.59. The Morgan fingerprint density at radius 2 is 1.80 bits per heavy atom. The maximum absolute atomic E-state index is 12.9. The number of amides is 1. The lowest BCUT2D eigenvalue weighted by atomic mass is 10.2. The molecule has 4 aromatic rings. The predicted octanol–water partition coefficient (Wildman–Crippen LogP) is 5.29. The number of nitrogens with one attached hydrogen (secondary N) is 1. The van der Waals surface area contributed by atoms with Crippen LogP contribution in [0.2, 0.25) is 0 Å². The van der Waals surface area contributed by atoms with Gasteiger partial charge in [-0.15, -0.1) is 10.2 Å². The van der Waals surface area contributed by atoms with Gasteiger partial charge in [-0.1, -0.05) is 43.3 Å². The number of unbranched alkanes of at least 4 members (excludes halogenated alkanes) is 1. The normalized spacial score (nSPS) is 11.0. The fraction of sp³-hybridized carbons (Fsp3) is 0.308. The summed E-state index contributed by atoms with van der Waals surface area (Å²) in [4.78, 5) is 12.9. The number of aryl methyl sites for hydroxylation is 1. The van der Waals surface area contributed by atoms with E-state index in [1.807, 2.05) is 73.1 Å². The van der Waals surface area contributed by atoms with E-state index in [2.05, 4.69) is 32.1 Å². The number of nitrogens with zero attached hydrogens (tertiary/aromatic N) is 5. The highest BCUT2D eigenvalue weighted by atomic mass is 32.2. The van der Waals surface area contributed by atoms with E-state index in [4.69, 9.17) is 4.74 Å². The molecular weight excluding hydrogens is 460 g/mol. The van der Waals surface area contributed by atoms with Gasteiger partial charge >= 0.3 is 0 Å². The standard InChI is InChI=1S/C26H30N6O2S/c1-5-6-16-31-25(20-12-14-22(34-4)15-13-20)28-29-26(31)35-17-23(33)27-24-18(2)30-32(19(24)3)21-10-8-7-9-11-21/h7-15H,5-6,16-17H2,1-4H3,(H,27,33). The summed E-state index contributed by atoms with van der Waals surface area (Å²) < 4.78 is 9.20. The second-order valence-corrected chi connectivity index (χ2v) is 9.11. The predicted molar refractivity (Wildman–Crippen MR) is 139 cm³/mol. The number of benzene rings is 2. The van der Waals surface area contributed by atoms with Crippen LogP contribution in [-0.2, 0) is 11.3 Å². The molecule has 8 nitrogen and oxygen atoms in total. The van der Waals surface area contributed by atoms with Crippen molar-refractivity contribution in [2.24, 2.45) is 0 Å². The summed E-state index contributed by atoms with van der Waals surface area (Å²) in [6.45, 7) is 6.80. The van der Waals surface area contributed by atoms with Crippen molar-refractivity contribution >= 4 is 23.4 Å². The molecule has 2 aromatic carbocycles. The Bertz CT molecular complexity index is 1280. The molecule has 2 aromatic heterocycles. The molecule has 0 saturated heterocycles. The Balaban J connectivity index is 1.48. The first-order chi connectivity index (χ1) is 17.0. The Morgan fingerprint density at radius 3 is 2.49 bits per heavy atom. The molecule has 0 fully saturated rings. The van der Waals surface area contributed by atoms with Crippen molar-refractivity contribution in [3.8, 4) is 22.8 Å². The molecule has 0 aliphatic rings. The fourth-order valence-electron chi connectivity index (χ4n) is 3.82. The number of hydrogen-bond donors (Lipinski definition) is 1. The van der Waals surface area contributed by atoms with Crippen LogP contribution >= 0.6 is 11.8 Å². The van der Waals surface area contributed by atoms with Gasteiger partial charge in [-0.05, 0) is 56.7 Å². The third-order valence-corrected chi connectivity index (χ3v) is 6.66. The Kier molecular flexibility index (Phi) is 7.87. The number of carbonyl (C=O) groups excluding carboxylic acids is 1. The molecule has 0 bridgehead atoms. The van der Waals surface area contributed by atoms with Gasteiger partial charge in [-0.3, -0.25) is 4.79 Å². The highest BCUT2D eigenvalue weighted by Crippen LogP contribution is 2.27. The molecule has 1 N–H and O–H groups in total. The van der Waals surface area contributed by atoms with Crippen LogP contribution in [0.5, 0.6) is 5.75 Å². The van der Waals surface area contributed by atoms with E-state index < -0.39 is 0 Å². The molecule has 0 atom stereocenters. The molecule has 4 rings (SSSR count). The Morgan fingerprint density at radius 1 is 1.06 bits per heavy atom. The van der Waals surface area contributed by atoms with Crippen molar-refractivity contribution in [1.82, 2.24) is 24.5 Å². The maximum atomic E-state index is 12.9. The van der Waals surface area contributed by atoms with Crippen LogP contribution in [0.1, 0.15) is 31.2 Å². The molecule has 0 aliphatic carbocycles. The molecule has 0 radical (unpaired) electrons. The highest BCUT2D eigenvalue weighted by Gasteiger charge is 2.18. The van der Waals surface area contributed by atoms with Crippen molar-refractivity contribution in [2.75, 3.05) is 18.2 Å². The lowest BCUT2D eigenvalue weighted by Gasteiger charge is -2.10. The number of carbonyl (C=O) groups is 1. The summed E-state index contributed by atoms with van der Waals surface area (Å²) in [6, 6.07) is 17.7. The van der Waals surface area contributed by atoms with Gasteiger partial charge in [0.1, 0.15) is 5.75 Å². The average molecular weight is 491 g/mol. The van der Waals surface area contributed by atoms with Gasteiger partial charge in [0.2, 0.25) is 5.91 Å². The number of thioether (sulfide) groups is 1. The molecule has 35 heavy (non-hydrogen) atoms. The molecular formula is C26H30N6O2S. The largest absolute Gasteiger partial charge is 0.497 e. The molecule has 0 spiro atoms. The quantitative estimate of drug-likeness (QED) is 0.304. The summed E-state index contributed by atoms with van der Waals surface area (Å²) in [5, 5.41) is 17.2. The van der Waals surface area contributed by atoms with Gasteiger partial charge in [-0.25, -0.2) is 4.68 Å². The second-order valence-electron chi connectivity index (χ2n) is 8.17. The first-order valence-corrected chi connectivity index (χ1v) is 12.6. The first-order valence-electron chi connectivity index (χ1n) is 11.6. The summed E-state index contributed by atoms with van der Waals surface area (Å²) in [5.41, 5.74) is 4.33. The zero-order chi connectivity index (χ0) is 24.8. The van der Waals surface area contributed by atoms with Crippen LogP contribution in [0.4, 0.5) is 5.69 Å². The number of rotatable bonds is 10. The first kappa shape index (κ1) is 24.5. The lowest BCUT2D eigenvalue weighted by molar-refractivity contribution is -0.113. The van der Waals surface area contributed by atoms with E-state index in [9.17, 15) is 4.79 Å². The molecule has 0 aliphatic heterocycles.